The van der Waals surface area contributed by atoms with Crippen molar-refractivity contribution < 1.29 is 23.8 Å². The van der Waals surface area contributed by atoms with Gasteiger partial charge in [0, 0.05) is 5.69 Å². The predicted octanol–water partition coefficient (Wildman–Crippen LogP) is 4.40. The summed E-state index contributed by atoms with van der Waals surface area (Å²) in [5, 5.41) is 2.94. The van der Waals surface area contributed by atoms with Crippen molar-refractivity contribution in [1.29, 1.82) is 0 Å². The Balaban J connectivity index is 2.14. The summed E-state index contributed by atoms with van der Waals surface area (Å²) in [6.45, 7) is 5.90. The van der Waals surface area contributed by atoms with Crippen molar-refractivity contribution in [2.75, 3.05) is 19.5 Å². The fraction of sp³-hybridized carbons (Fsp3) is 0.364. The van der Waals surface area contributed by atoms with Crippen molar-refractivity contribution in [1.82, 2.24) is 0 Å². The number of nitrogens with one attached hydrogen (secondary N) is 1. The summed E-state index contributed by atoms with van der Waals surface area (Å²) < 4.78 is 15.8. The van der Waals surface area contributed by atoms with Crippen LogP contribution in [0.1, 0.15) is 49.0 Å². The highest BCUT2D eigenvalue weighted by Gasteiger charge is 2.20. The molecule has 6 nitrogen and oxygen atoms in total. The average Bonchev–Trinajstić information content (AvgIpc) is 2.73. The molecule has 2 aromatic carbocycles. The van der Waals surface area contributed by atoms with E-state index in [0.717, 1.165) is 17.7 Å². The van der Waals surface area contributed by atoms with Gasteiger partial charge in [0.25, 0.3) is 5.91 Å². The number of rotatable bonds is 8. The number of carbonyl (C=O) groups excluding carboxylic acids is 2. The van der Waals surface area contributed by atoms with Gasteiger partial charge in [-0.2, -0.15) is 0 Å². The molecular weight excluding hydrogens is 358 g/mol. The molecule has 0 spiro atoms. The molecule has 0 radical (unpaired) electrons. The summed E-state index contributed by atoms with van der Waals surface area (Å²) in [5.74, 6) is 0.307. The topological polar surface area (TPSA) is 73.9 Å². The molecule has 0 saturated carbocycles. The number of benzene rings is 2. The molecule has 0 heterocycles. The van der Waals surface area contributed by atoms with Crippen molar-refractivity contribution in [2.24, 2.45) is 0 Å². The Hall–Kier alpha value is -3.02. The van der Waals surface area contributed by atoms with Crippen molar-refractivity contribution in [2.45, 2.75) is 39.2 Å². The molecule has 6 heteroatoms. The molecule has 0 aliphatic carbocycles. The highest BCUT2D eigenvalue weighted by atomic mass is 16.5. The summed E-state index contributed by atoms with van der Waals surface area (Å²) in [4.78, 5) is 24.3. The lowest BCUT2D eigenvalue weighted by Crippen LogP contribution is -2.30. The first-order valence-electron chi connectivity index (χ1n) is 9.24. The van der Waals surface area contributed by atoms with E-state index < -0.39 is 12.1 Å². The average molecular weight is 385 g/mol. The largest absolute Gasteiger partial charge is 0.493 e. The molecule has 1 amide bonds. The Labute approximate surface area is 165 Å². The van der Waals surface area contributed by atoms with Crippen LogP contribution >= 0.6 is 0 Å². The number of ether oxygens (including phenoxy) is 3. The van der Waals surface area contributed by atoms with Gasteiger partial charge in [-0.25, -0.2) is 4.79 Å². The number of carbonyl (C=O) groups is 2. The predicted molar refractivity (Wildman–Crippen MR) is 108 cm³/mol. The van der Waals surface area contributed by atoms with Crippen LogP contribution in [0.5, 0.6) is 11.5 Å². The Morgan fingerprint density at radius 1 is 1.04 bits per heavy atom. The number of hydrogen-bond acceptors (Lipinski definition) is 5. The highest BCUT2D eigenvalue weighted by Crippen LogP contribution is 2.30. The van der Waals surface area contributed by atoms with E-state index in [1.165, 1.54) is 20.3 Å². The van der Waals surface area contributed by atoms with Crippen LogP contribution in [0.4, 0.5) is 5.69 Å². The first-order valence-corrected chi connectivity index (χ1v) is 9.24. The number of hydrogen-bond donors (Lipinski definition) is 1. The van der Waals surface area contributed by atoms with E-state index in [1.807, 2.05) is 24.3 Å². The number of esters is 1. The van der Waals surface area contributed by atoms with Crippen LogP contribution in [0.25, 0.3) is 0 Å². The van der Waals surface area contributed by atoms with Crippen LogP contribution < -0.4 is 14.8 Å². The molecule has 2 rings (SSSR count). The maximum atomic E-state index is 12.7. The zero-order valence-corrected chi connectivity index (χ0v) is 16.9. The molecule has 28 heavy (non-hydrogen) atoms. The van der Waals surface area contributed by atoms with Crippen LogP contribution in [0.3, 0.4) is 0 Å². The van der Waals surface area contributed by atoms with E-state index in [1.54, 1.807) is 19.1 Å². The smallest absolute Gasteiger partial charge is 0.337 e. The highest BCUT2D eigenvalue weighted by molar-refractivity contribution is 5.95. The maximum Gasteiger partial charge on any atom is 0.337 e. The van der Waals surface area contributed by atoms with Gasteiger partial charge in [0.2, 0.25) is 0 Å². The summed E-state index contributed by atoms with van der Waals surface area (Å²) in [6.07, 6.45) is 0.214. The van der Waals surface area contributed by atoms with Crippen LogP contribution in [-0.2, 0) is 9.53 Å². The second-order valence-electron chi connectivity index (χ2n) is 6.50. The van der Waals surface area contributed by atoms with Crippen molar-refractivity contribution >= 4 is 17.6 Å². The Bertz CT molecular complexity index is 833. The molecule has 0 aliphatic rings. The molecule has 0 saturated heterocycles. The number of methoxy groups -OCH3 is 2. The van der Waals surface area contributed by atoms with Gasteiger partial charge in [-0.1, -0.05) is 32.0 Å². The monoisotopic (exact) mass is 385 g/mol. The van der Waals surface area contributed by atoms with Crippen molar-refractivity contribution in [3.05, 3.63) is 53.6 Å². The maximum absolute atomic E-state index is 12.7. The molecule has 1 N–H and O–H groups in total. The third kappa shape index (κ3) is 5.03. The van der Waals surface area contributed by atoms with Gasteiger partial charge in [-0.05, 0) is 49.1 Å². The fourth-order valence-electron chi connectivity index (χ4n) is 2.75. The van der Waals surface area contributed by atoms with Crippen LogP contribution in [-0.4, -0.2) is 32.2 Å². The third-order valence-electron chi connectivity index (χ3n) is 4.62. The lowest BCUT2D eigenvalue weighted by Gasteiger charge is -2.19. The van der Waals surface area contributed by atoms with Crippen LogP contribution in [0, 0.1) is 0 Å². The first kappa shape index (κ1) is 21.3. The molecule has 0 aromatic heterocycles. The van der Waals surface area contributed by atoms with E-state index >= 15 is 0 Å². The summed E-state index contributed by atoms with van der Waals surface area (Å²) >= 11 is 0. The van der Waals surface area contributed by atoms with Gasteiger partial charge in [-0.3, -0.25) is 4.79 Å². The summed E-state index contributed by atoms with van der Waals surface area (Å²) in [6, 6.07) is 12.4. The second-order valence-corrected chi connectivity index (χ2v) is 6.50. The SMILES string of the molecule is CC[C@H](C)c1ccccc1NC(=O)[C@H](C)Oc1ccc(C(=O)OC)cc1OC. The van der Waals surface area contributed by atoms with Gasteiger partial charge in [-0.15, -0.1) is 0 Å². The third-order valence-corrected chi connectivity index (χ3v) is 4.62. The van der Waals surface area contributed by atoms with Gasteiger partial charge in [0.1, 0.15) is 0 Å². The summed E-state index contributed by atoms with van der Waals surface area (Å²) in [5.41, 5.74) is 2.21. The molecule has 0 fully saturated rings. The number of para-hydroxylation sites is 1. The molecule has 150 valence electrons. The van der Waals surface area contributed by atoms with Gasteiger partial charge in [0.15, 0.2) is 17.6 Å². The van der Waals surface area contributed by atoms with Crippen molar-refractivity contribution in [3.8, 4) is 11.5 Å². The van der Waals surface area contributed by atoms with Crippen molar-refractivity contribution in [3.63, 3.8) is 0 Å². The van der Waals surface area contributed by atoms with E-state index in [-0.39, 0.29) is 5.91 Å². The molecule has 0 aliphatic heterocycles. The second kappa shape index (κ2) is 9.78. The fourth-order valence-corrected chi connectivity index (χ4v) is 2.75. The Morgan fingerprint density at radius 2 is 1.75 bits per heavy atom. The minimum absolute atomic E-state index is 0.269. The number of anilines is 1. The Morgan fingerprint density at radius 3 is 2.39 bits per heavy atom. The quantitative estimate of drug-likeness (QED) is 0.682. The standard InChI is InChI=1S/C22H27NO5/c1-6-14(2)17-9-7-8-10-18(17)23-21(24)15(3)28-19-12-11-16(22(25)27-5)13-20(19)26-4/h7-15H,6H2,1-5H3,(H,23,24)/t14-,15-/m0/s1. The lowest BCUT2D eigenvalue weighted by molar-refractivity contribution is -0.122. The van der Waals surface area contributed by atoms with Crippen LogP contribution in [0.2, 0.25) is 0 Å². The van der Waals surface area contributed by atoms with Gasteiger partial charge < -0.3 is 19.5 Å². The van der Waals surface area contributed by atoms with Gasteiger partial charge in [0.05, 0.1) is 19.8 Å². The summed E-state index contributed by atoms with van der Waals surface area (Å²) in [7, 11) is 2.78. The van der Waals surface area contributed by atoms with Gasteiger partial charge >= 0.3 is 5.97 Å². The van der Waals surface area contributed by atoms with E-state index in [4.69, 9.17) is 14.2 Å². The van der Waals surface area contributed by atoms with E-state index in [9.17, 15) is 9.59 Å². The lowest BCUT2D eigenvalue weighted by atomic mass is 9.97. The normalized spacial score (nSPS) is 12.6. The zero-order chi connectivity index (χ0) is 20.7. The number of amides is 1. The zero-order valence-electron chi connectivity index (χ0n) is 16.9. The molecule has 2 atom stereocenters. The minimum atomic E-state index is -0.761. The Kier molecular flexibility index (Phi) is 7.44. The molecule has 0 bridgehead atoms. The van der Waals surface area contributed by atoms with Crippen LogP contribution in [0.15, 0.2) is 42.5 Å². The van der Waals surface area contributed by atoms with E-state index in [0.29, 0.717) is 23.0 Å². The molecule has 0 unspecified atom stereocenters. The van der Waals surface area contributed by atoms with E-state index in [2.05, 4.69) is 19.2 Å². The molecule has 2 aromatic rings. The first-order chi connectivity index (χ1) is 13.4. The molecular formula is C22H27NO5. The minimum Gasteiger partial charge on any atom is -0.493 e.